The zero-order valence-electron chi connectivity index (χ0n) is 33.2. The molecule has 2 heterocycles. The van der Waals surface area contributed by atoms with Crippen LogP contribution < -0.4 is 0 Å². The molecular weight excluding hydrogens is 741 g/mol. The molecule has 61 heavy (non-hydrogen) atoms. The minimum Gasteiger partial charge on any atom is -0.308 e. The van der Waals surface area contributed by atoms with Crippen LogP contribution in [0.4, 0.5) is 0 Å². The molecule has 2 aromatic heterocycles. The summed E-state index contributed by atoms with van der Waals surface area (Å²) in [6, 6.07) is 81.3. The standard InChI is InChI=1S/C57H38N4/c1-6-17-39(18-7-1)44-27-16-28-45(35-44)48-31-34-54(51(38-48)57-59-55(42-23-12-4-13-24-42)58-56(60-57)43-25-14-5-15-26-43)61-52-32-29-46(40-19-8-2-9-20-40)36-49(52)50-37-47(30-33-53(50)61)41-21-10-3-11-22-41/h1-38H. The third kappa shape index (κ3) is 6.86. The molecule has 0 radical (unpaired) electrons. The Hall–Kier alpha value is -8.21. The second kappa shape index (κ2) is 15.5. The fourth-order valence-corrected chi connectivity index (χ4v) is 8.43. The Bertz CT molecular complexity index is 3170. The minimum absolute atomic E-state index is 0.598. The first-order valence-corrected chi connectivity index (χ1v) is 20.6. The summed E-state index contributed by atoms with van der Waals surface area (Å²) < 4.78 is 2.39. The lowest BCUT2D eigenvalue weighted by atomic mass is 9.97. The number of hydrogen-bond acceptors (Lipinski definition) is 3. The van der Waals surface area contributed by atoms with Gasteiger partial charge in [0, 0.05) is 27.5 Å². The topological polar surface area (TPSA) is 43.6 Å². The van der Waals surface area contributed by atoms with Crippen molar-refractivity contribution in [1.82, 2.24) is 19.5 Å². The summed E-state index contributed by atoms with van der Waals surface area (Å²) in [5.41, 5.74) is 15.1. The molecular formula is C57H38N4. The zero-order valence-corrected chi connectivity index (χ0v) is 33.2. The van der Waals surface area contributed by atoms with E-state index in [0.717, 1.165) is 50.1 Å². The Morgan fingerprint density at radius 2 is 0.590 bits per heavy atom. The zero-order chi connectivity index (χ0) is 40.5. The van der Waals surface area contributed by atoms with E-state index in [1.54, 1.807) is 0 Å². The van der Waals surface area contributed by atoms with Gasteiger partial charge in [-0.3, -0.25) is 0 Å². The molecule has 0 spiro atoms. The van der Waals surface area contributed by atoms with E-state index in [1.165, 1.54) is 38.6 Å². The van der Waals surface area contributed by atoms with E-state index in [-0.39, 0.29) is 0 Å². The maximum absolute atomic E-state index is 5.30. The maximum atomic E-state index is 5.30. The van der Waals surface area contributed by atoms with Crippen LogP contribution in [0.3, 0.4) is 0 Å². The van der Waals surface area contributed by atoms with E-state index in [9.17, 15) is 0 Å². The van der Waals surface area contributed by atoms with Crippen LogP contribution in [-0.4, -0.2) is 19.5 Å². The molecule has 9 aromatic carbocycles. The van der Waals surface area contributed by atoms with Crippen molar-refractivity contribution in [3.05, 3.63) is 231 Å². The number of fused-ring (bicyclic) bond motifs is 3. The molecule has 286 valence electrons. The normalized spacial score (nSPS) is 11.3. The fraction of sp³-hybridized carbons (Fsp3) is 0. The van der Waals surface area contributed by atoms with E-state index in [2.05, 4.69) is 199 Å². The van der Waals surface area contributed by atoms with Crippen molar-refractivity contribution in [2.24, 2.45) is 0 Å². The molecule has 0 saturated carbocycles. The van der Waals surface area contributed by atoms with Crippen LogP contribution >= 0.6 is 0 Å². The lowest BCUT2D eigenvalue weighted by Gasteiger charge is -2.17. The average Bonchev–Trinajstić information content (AvgIpc) is 3.68. The first-order valence-electron chi connectivity index (χ1n) is 20.6. The average molecular weight is 779 g/mol. The van der Waals surface area contributed by atoms with Crippen molar-refractivity contribution in [2.45, 2.75) is 0 Å². The predicted octanol–water partition coefficient (Wildman–Crippen LogP) is 14.6. The van der Waals surface area contributed by atoms with Crippen LogP contribution in [0.15, 0.2) is 231 Å². The summed E-state index contributed by atoms with van der Waals surface area (Å²) in [4.78, 5) is 15.7. The van der Waals surface area contributed by atoms with Crippen molar-refractivity contribution in [3.8, 4) is 84.4 Å². The summed E-state index contributed by atoms with van der Waals surface area (Å²) in [5.74, 6) is 1.84. The van der Waals surface area contributed by atoms with Crippen LogP contribution in [0.1, 0.15) is 0 Å². The van der Waals surface area contributed by atoms with Crippen molar-refractivity contribution in [1.29, 1.82) is 0 Å². The van der Waals surface area contributed by atoms with Gasteiger partial charge in [-0.2, -0.15) is 0 Å². The van der Waals surface area contributed by atoms with Gasteiger partial charge in [0.1, 0.15) is 0 Å². The van der Waals surface area contributed by atoms with Crippen molar-refractivity contribution in [2.75, 3.05) is 0 Å². The summed E-state index contributed by atoms with van der Waals surface area (Å²) in [7, 11) is 0. The van der Waals surface area contributed by atoms with E-state index in [0.29, 0.717) is 17.5 Å². The van der Waals surface area contributed by atoms with Crippen LogP contribution in [-0.2, 0) is 0 Å². The summed E-state index contributed by atoms with van der Waals surface area (Å²) in [5, 5.41) is 2.34. The molecule has 4 heteroatoms. The van der Waals surface area contributed by atoms with Crippen LogP contribution in [0, 0.1) is 0 Å². The van der Waals surface area contributed by atoms with Gasteiger partial charge in [-0.05, 0) is 87.0 Å². The molecule has 0 saturated heterocycles. The number of aromatic nitrogens is 4. The summed E-state index contributed by atoms with van der Waals surface area (Å²) in [6.07, 6.45) is 0. The highest BCUT2D eigenvalue weighted by Crippen LogP contribution is 2.41. The third-order valence-electron chi connectivity index (χ3n) is 11.5. The number of rotatable bonds is 8. The molecule has 0 aliphatic carbocycles. The van der Waals surface area contributed by atoms with Crippen molar-refractivity contribution < 1.29 is 0 Å². The highest BCUT2D eigenvalue weighted by molar-refractivity contribution is 6.12. The molecule has 4 nitrogen and oxygen atoms in total. The molecule has 0 bridgehead atoms. The number of nitrogens with zero attached hydrogens (tertiary/aromatic N) is 4. The second-order valence-corrected chi connectivity index (χ2v) is 15.2. The Kier molecular flexibility index (Phi) is 9.14. The van der Waals surface area contributed by atoms with Gasteiger partial charge in [0.05, 0.1) is 16.7 Å². The molecule has 0 aliphatic rings. The van der Waals surface area contributed by atoms with Gasteiger partial charge in [0.25, 0.3) is 0 Å². The third-order valence-corrected chi connectivity index (χ3v) is 11.5. The van der Waals surface area contributed by atoms with Crippen LogP contribution in [0.2, 0.25) is 0 Å². The highest BCUT2D eigenvalue weighted by Gasteiger charge is 2.21. The first-order chi connectivity index (χ1) is 30.2. The molecule has 0 amide bonds. The van der Waals surface area contributed by atoms with Gasteiger partial charge in [0.2, 0.25) is 0 Å². The molecule has 11 aromatic rings. The SMILES string of the molecule is c1ccc(-c2cccc(-c3ccc(-n4c5ccc(-c6ccccc6)cc5c5cc(-c6ccccc6)ccc54)c(-c4nc(-c5ccccc5)nc(-c5ccccc5)n4)c3)c2)cc1. The number of benzene rings is 9. The monoisotopic (exact) mass is 778 g/mol. The Morgan fingerprint density at radius 1 is 0.246 bits per heavy atom. The maximum Gasteiger partial charge on any atom is 0.166 e. The fourth-order valence-electron chi connectivity index (χ4n) is 8.43. The van der Waals surface area contributed by atoms with Gasteiger partial charge >= 0.3 is 0 Å². The lowest BCUT2D eigenvalue weighted by Crippen LogP contribution is -2.04. The smallest absolute Gasteiger partial charge is 0.166 e. The van der Waals surface area contributed by atoms with Gasteiger partial charge in [-0.1, -0.05) is 188 Å². The quantitative estimate of drug-likeness (QED) is 0.154. The highest BCUT2D eigenvalue weighted by atomic mass is 15.1. The molecule has 0 fully saturated rings. The Labute approximate surface area is 354 Å². The minimum atomic E-state index is 0.598. The van der Waals surface area contributed by atoms with E-state index in [1.807, 2.05) is 36.4 Å². The van der Waals surface area contributed by atoms with Gasteiger partial charge in [-0.15, -0.1) is 0 Å². The summed E-state index contributed by atoms with van der Waals surface area (Å²) in [6.45, 7) is 0. The molecule has 0 unspecified atom stereocenters. The van der Waals surface area contributed by atoms with E-state index >= 15 is 0 Å². The molecule has 0 aliphatic heterocycles. The molecule has 0 atom stereocenters. The lowest BCUT2D eigenvalue weighted by molar-refractivity contribution is 1.06. The Morgan fingerprint density at radius 3 is 1.05 bits per heavy atom. The Balaban J connectivity index is 1.19. The van der Waals surface area contributed by atoms with Crippen LogP contribution in [0.5, 0.6) is 0 Å². The van der Waals surface area contributed by atoms with E-state index in [4.69, 9.17) is 15.0 Å². The number of hydrogen-bond donors (Lipinski definition) is 0. The van der Waals surface area contributed by atoms with Gasteiger partial charge in [0.15, 0.2) is 17.5 Å². The predicted molar refractivity (Wildman–Crippen MR) is 252 cm³/mol. The van der Waals surface area contributed by atoms with Crippen molar-refractivity contribution in [3.63, 3.8) is 0 Å². The van der Waals surface area contributed by atoms with Gasteiger partial charge in [-0.25, -0.2) is 15.0 Å². The van der Waals surface area contributed by atoms with Gasteiger partial charge < -0.3 is 4.57 Å². The first kappa shape index (κ1) is 35.9. The molecule has 11 rings (SSSR count). The molecule has 0 N–H and O–H groups in total. The van der Waals surface area contributed by atoms with Crippen molar-refractivity contribution >= 4 is 21.8 Å². The van der Waals surface area contributed by atoms with E-state index < -0.39 is 0 Å². The summed E-state index contributed by atoms with van der Waals surface area (Å²) >= 11 is 0. The van der Waals surface area contributed by atoms with Crippen LogP contribution in [0.25, 0.3) is 106 Å². The largest absolute Gasteiger partial charge is 0.308 e. The second-order valence-electron chi connectivity index (χ2n) is 15.2.